The van der Waals surface area contributed by atoms with Crippen molar-refractivity contribution in [2.45, 2.75) is 76.9 Å². The average Bonchev–Trinajstić information content (AvgIpc) is 2.64. The molecule has 0 aromatic carbocycles. The summed E-state index contributed by atoms with van der Waals surface area (Å²) in [6.45, 7) is 0.813. The van der Waals surface area contributed by atoms with Crippen molar-refractivity contribution in [1.82, 2.24) is 0 Å². The van der Waals surface area contributed by atoms with Crippen LogP contribution >= 0.6 is 11.6 Å². The summed E-state index contributed by atoms with van der Waals surface area (Å²) >= 11 is 5.07. The Morgan fingerprint density at radius 1 is 0.625 bits per heavy atom. The van der Waals surface area contributed by atoms with E-state index in [9.17, 15) is 70.7 Å². The standard InChI is InChI=1S/C14H6ClF15O2/c1-2-3(15)4(31)32-8-12(25,26)5(16)9(19,20)6(17,13(8,27)28)11(23,24)7(18,10(5,21)22)14(8,29)30/h3H,2H2,1H3. The van der Waals surface area contributed by atoms with E-state index in [1.165, 1.54) is 0 Å². The minimum absolute atomic E-state index is 0.813. The molecule has 4 bridgehead atoms. The van der Waals surface area contributed by atoms with Gasteiger partial charge in [0, 0.05) is 0 Å². The summed E-state index contributed by atoms with van der Waals surface area (Å²) in [7, 11) is 0. The first-order valence-corrected chi connectivity index (χ1v) is 8.51. The topological polar surface area (TPSA) is 26.3 Å². The van der Waals surface area contributed by atoms with Gasteiger partial charge in [-0.1, -0.05) is 6.92 Å². The molecular weight excluding hydrogens is 521 g/mol. The molecule has 1 unspecified atom stereocenters. The van der Waals surface area contributed by atoms with Crippen LogP contribution in [-0.2, 0) is 9.53 Å². The molecule has 186 valence electrons. The highest BCUT2D eigenvalue weighted by molar-refractivity contribution is 6.29. The SMILES string of the molecule is CCC(Cl)C(=O)OC12C(F)(F)C3(F)C(F)(F)C(F)(C(F)(F)C(F)(C3(F)F)C1(F)F)C2(F)F. The predicted octanol–water partition coefficient (Wildman–Crippen LogP) is 5.26. The van der Waals surface area contributed by atoms with Gasteiger partial charge in [-0.2, -0.15) is 52.7 Å². The van der Waals surface area contributed by atoms with Gasteiger partial charge in [0.2, 0.25) is 0 Å². The second-order valence-corrected chi connectivity index (χ2v) is 7.93. The number of alkyl halides is 16. The molecule has 0 aliphatic heterocycles. The van der Waals surface area contributed by atoms with Crippen LogP contribution in [0.3, 0.4) is 0 Å². The summed E-state index contributed by atoms with van der Waals surface area (Å²) in [5.41, 5.74) is -30.6. The van der Waals surface area contributed by atoms with Crippen molar-refractivity contribution < 1.29 is 75.4 Å². The van der Waals surface area contributed by atoms with Crippen LogP contribution in [0.25, 0.3) is 0 Å². The van der Waals surface area contributed by atoms with Gasteiger partial charge in [-0.3, -0.25) is 4.79 Å². The van der Waals surface area contributed by atoms with Gasteiger partial charge in [0.25, 0.3) is 0 Å². The molecule has 0 heterocycles. The highest BCUT2D eigenvalue weighted by atomic mass is 35.5. The summed E-state index contributed by atoms with van der Waals surface area (Å²) < 4.78 is 220. The molecule has 32 heavy (non-hydrogen) atoms. The fourth-order valence-electron chi connectivity index (χ4n) is 4.38. The largest absolute Gasteiger partial charge is 0.438 e. The zero-order chi connectivity index (χ0) is 25.6. The first-order chi connectivity index (χ1) is 13.9. The third-order valence-corrected chi connectivity index (χ3v) is 6.58. The quantitative estimate of drug-likeness (QED) is 0.285. The third-order valence-electron chi connectivity index (χ3n) is 6.09. The van der Waals surface area contributed by atoms with Crippen LogP contribution in [0.5, 0.6) is 0 Å². The molecule has 0 spiro atoms. The highest BCUT2D eigenvalue weighted by Gasteiger charge is 3.24. The Balaban J connectivity index is 2.63. The lowest BCUT2D eigenvalue weighted by Gasteiger charge is -2.74. The Morgan fingerprint density at radius 3 is 1.09 bits per heavy atom. The van der Waals surface area contributed by atoms with E-state index in [2.05, 4.69) is 4.74 Å². The van der Waals surface area contributed by atoms with Gasteiger partial charge in [0.1, 0.15) is 5.38 Å². The van der Waals surface area contributed by atoms with E-state index in [-0.39, 0.29) is 0 Å². The number of carbonyl (C=O) groups excluding carboxylic acids is 1. The number of hydrogen-bond donors (Lipinski definition) is 0. The van der Waals surface area contributed by atoms with Gasteiger partial charge in [0.15, 0.2) is 0 Å². The molecule has 0 amide bonds. The normalized spacial score (nSPS) is 46.5. The van der Waals surface area contributed by atoms with E-state index in [4.69, 9.17) is 11.6 Å². The number of esters is 1. The number of hydrogen-bond acceptors (Lipinski definition) is 2. The lowest BCUT2D eigenvalue weighted by Crippen LogP contribution is -3.10. The summed E-state index contributed by atoms with van der Waals surface area (Å²) in [4.78, 5) is 11.6. The number of carbonyl (C=O) groups is 1. The molecule has 0 saturated heterocycles. The molecule has 18 heteroatoms. The number of halogens is 16. The van der Waals surface area contributed by atoms with E-state index in [0.717, 1.165) is 6.92 Å². The first kappa shape index (κ1) is 25.3. The fraction of sp³-hybridized carbons (Fsp3) is 0.929. The van der Waals surface area contributed by atoms with Gasteiger partial charge < -0.3 is 4.74 Å². The lowest BCUT2D eigenvalue weighted by molar-refractivity contribution is -0.614. The fourth-order valence-corrected chi connectivity index (χ4v) is 4.42. The van der Waals surface area contributed by atoms with Crippen LogP contribution in [0.15, 0.2) is 0 Å². The number of rotatable bonds is 3. The average molecular weight is 527 g/mol. The molecule has 0 aromatic rings. The maximum absolute atomic E-state index is 14.8. The molecule has 4 rings (SSSR count). The maximum Gasteiger partial charge on any atom is 0.345 e. The monoisotopic (exact) mass is 526 g/mol. The van der Waals surface area contributed by atoms with E-state index >= 15 is 0 Å². The van der Waals surface area contributed by atoms with Gasteiger partial charge in [0.05, 0.1) is 0 Å². The molecule has 0 N–H and O–H groups in total. The molecule has 4 saturated carbocycles. The van der Waals surface area contributed by atoms with Crippen molar-refractivity contribution in [2.24, 2.45) is 0 Å². The predicted molar refractivity (Wildman–Crippen MR) is 70.0 cm³/mol. The Bertz CT molecular complexity index is 772. The second-order valence-electron chi connectivity index (χ2n) is 7.40. The molecule has 0 radical (unpaired) electrons. The van der Waals surface area contributed by atoms with Crippen molar-refractivity contribution in [3.63, 3.8) is 0 Å². The summed E-state index contributed by atoms with van der Waals surface area (Å²) in [5, 5.41) is -2.55. The molecular formula is C14H6ClF15O2. The minimum atomic E-state index is -7.92. The van der Waals surface area contributed by atoms with Crippen molar-refractivity contribution in [1.29, 1.82) is 0 Å². The molecule has 4 aliphatic rings. The second kappa shape index (κ2) is 5.50. The highest BCUT2D eigenvalue weighted by Crippen LogP contribution is 2.88. The lowest BCUT2D eigenvalue weighted by atomic mass is 9.40. The van der Waals surface area contributed by atoms with E-state index in [0.29, 0.717) is 0 Å². The van der Waals surface area contributed by atoms with Crippen LogP contribution < -0.4 is 0 Å². The Hall–Kier alpha value is -1.29. The van der Waals surface area contributed by atoms with Crippen LogP contribution in [0, 0.1) is 0 Å². The van der Waals surface area contributed by atoms with Crippen LogP contribution in [0.4, 0.5) is 65.9 Å². The molecule has 4 fully saturated rings. The molecule has 4 aliphatic carbocycles. The molecule has 1 atom stereocenters. The van der Waals surface area contributed by atoms with E-state index in [1.807, 2.05) is 0 Å². The van der Waals surface area contributed by atoms with Crippen LogP contribution in [-0.4, -0.2) is 69.5 Å². The third kappa shape index (κ3) is 1.59. The van der Waals surface area contributed by atoms with Crippen molar-refractivity contribution >= 4 is 17.6 Å². The van der Waals surface area contributed by atoms with Gasteiger partial charge in [-0.05, 0) is 6.42 Å². The first-order valence-electron chi connectivity index (χ1n) is 8.07. The Labute approximate surface area is 171 Å². The summed E-state index contributed by atoms with van der Waals surface area (Å²) in [6, 6.07) is 0. The van der Waals surface area contributed by atoms with Crippen LogP contribution in [0.2, 0.25) is 0 Å². The summed E-state index contributed by atoms with van der Waals surface area (Å²) in [6.07, 6.45) is -0.885. The van der Waals surface area contributed by atoms with Crippen molar-refractivity contribution in [3.8, 4) is 0 Å². The minimum Gasteiger partial charge on any atom is -0.438 e. The van der Waals surface area contributed by atoms with Crippen LogP contribution in [0.1, 0.15) is 13.3 Å². The van der Waals surface area contributed by atoms with Gasteiger partial charge >= 0.3 is 64.1 Å². The van der Waals surface area contributed by atoms with E-state index in [1.54, 1.807) is 0 Å². The zero-order valence-electron chi connectivity index (χ0n) is 14.6. The molecule has 2 nitrogen and oxygen atoms in total. The Morgan fingerprint density at radius 2 is 0.875 bits per heavy atom. The van der Waals surface area contributed by atoms with Gasteiger partial charge in [-0.25, -0.2) is 13.2 Å². The molecule has 0 aromatic heterocycles. The van der Waals surface area contributed by atoms with Crippen molar-refractivity contribution in [2.75, 3.05) is 0 Å². The smallest absolute Gasteiger partial charge is 0.345 e. The van der Waals surface area contributed by atoms with Gasteiger partial charge in [-0.15, -0.1) is 11.6 Å². The van der Waals surface area contributed by atoms with E-state index < -0.39 is 75.9 Å². The summed E-state index contributed by atoms with van der Waals surface area (Å²) in [5.74, 6) is -50.0. The van der Waals surface area contributed by atoms with Crippen molar-refractivity contribution in [3.05, 3.63) is 0 Å². The number of ether oxygens (including phenoxy) is 1. The zero-order valence-corrected chi connectivity index (χ0v) is 15.4. The maximum atomic E-state index is 14.8. The Kier molecular flexibility index (Phi) is 4.36.